The molecular weight excluding hydrogens is 216 g/mol. The summed E-state index contributed by atoms with van der Waals surface area (Å²) >= 11 is 0. The summed E-state index contributed by atoms with van der Waals surface area (Å²) < 4.78 is 2.12. The van der Waals surface area contributed by atoms with Gasteiger partial charge < -0.3 is 4.57 Å². The molecule has 17 heavy (non-hydrogen) atoms. The Bertz CT molecular complexity index is 541. The second-order valence-electron chi connectivity index (χ2n) is 4.41. The van der Waals surface area contributed by atoms with E-state index in [1.165, 1.54) is 6.33 Å². The zero-order valence-electron chi connectivity index (χ0n) is 9.68. The fraction of sp³-hybridized carbons (Fsp3) is 0.417. The molecule has 1 N–H and O–H groups in total. The van der Waals surface area contributed by atoms with Crippen LogP contribution in [-0.2, 0) is 6.42 Å². The molecule has 2 heterocycles. The van der Waals surface area contributed by atoms with Gasteiger partial charge in [0.1, 0.15) is 12.2 Å². The number of nitrogens with zero attached hydrogens (tertiary/aromatic N) is 3. The van der Waals surface area contributed by atoms with E-state index < -0.39 is 0 Å². The first kappa shape index (κ1) is 10.3. The molecular formula is C12H14N4O. The molecule has 0 amide bonds. The molecule has 1 unspecified atom stereocenters. The zero-order valence-corrected chi connectivity index (χ0v) is 9.68. The Morgan fingerprint density at radius 1 is 1.47 bits per heavy atom. The van der Waals surface area contributed by atoms with Crippen molar-refractivity contribution in [2.24, 2.45) is 0 Å². The number of hydrogen-bond acceptors (Lipinski definition) is 3. The number of rotatable bonds is 2. The molecule has 1 atom stereocenters. The van der Waals surface area contributed by atoms with Gasteiger partial charge in [-0.05, 0) is 25.8 Å². The van der Waals surface area contributed by atoms with Gasteiger partial charge in [-0.15, -0.1) is 0 Å². The zero-order chi connectivity index (χ0) is 11.8. The number of H-pyrrole nitrogens is 1. The van der Waals surface area contributed by atoms with Crippen molar-refractivity contribution in [2.45, 2.75) is 32.2 Å². The van der Waals surface area contributed by atoms with Crippen molar-refractivity contribution in [1.29, 1.82) is 0 Å². The lowest BCUT2D eigenvalue weighted by atomic mass is 9.96. The van der Waals surface area contributed by atoms with Gasteiger partial charge >= 0.3 is 0 Å². The highest BCUT2D eigenvalue weighted by molar-refractivity contribution is 5.98. The lowest BCUT2D eigenvalue weighted by Gasteiger charge is -2.18. The Labute approximate surface area is 98.9 Å². The number of carbonyl (C=O) groups excluding carboxylic acids is 1. The van der Waals surface area contributed by atoms with Crippen LogP contribution < -0.4 is 0 Å². The number of ketones is 1. The van der Waals surface area contributed by atoms with E-state index >= 15 is 0 Å². The molecule has 5 nitrogen and oxygen atoms in total. The van der Waals surface area contributed by atoms with Gasteiger partial charge in [0.15, 0.2) is 5.78 Å². The predicted molar refractivity (Wildman–Crippen MR) is 61.9 cm³/mol. The number of aromatic nitrogens is 4. The standard InChI is InChI=1S/C12H14N4O/c1-8(12-13-7-14-15-12)16-6-5-9-10(16)3-2-4-11(9)17/h5-8H,2-4H2,1H3,(H,13,14,15). The average molecular weight is 230 g/mol. The third-order valence-electron chi connectivity index (χ3n) is 3.39. The van der Waals surface area contributed by atoms with Crippen LogP contribution in [0, 0.1) is 0 Å². The molecule has 2 aromatic heterocycles. The van der Waals surface area contributed by atoms with Gasteiger partial charge in [-0.25, -0.2) is 4.98 Å². The maximum Gasteiger partial charge on any atom is 0.164 e. The number of fused-ring (bicyclic) bond motifs is 1. The molecule has 5 heteroatoms. The van der Waals surface area contributed by atoms with Crippen molar-refractivity contribution in [3.63, 3.8) is 0 Å². The second kappa shape index (κ2) is 3.84. The van der Waals surface area contributed by atoms with Gasteiger partial charge in [0.2, 0.25) is 0 Å². The summed E-state index contributed by atoms with van der Waals surface area (Å²) in [6.45, 7) is 2.06. The lowest BCUT2D eigenvalue weighted by Crippen LogP contribution is -2.16. The summed E-state index contributed by atoms with van der Waals surface area (Å²) in [4.78, 5) is 15.9. The van der Waals surface area contributed by atoms with E-state index in [1.807, 2.05) is 12.3 Å². The average Bonchev–Trinajstić information content (AvgIpc) is 2.98. The fourth-order valence-electron chi connectivity index (χ4n) is 2.46. The predicted octanol–water partition coefficient (Wildman–Crippen LogP) is 1.73. The number of aromatic amines is 1. The van der Waals surface area contributed by atoms with Crippen molar-refractivity contribution in [3.05, 3.63) is 35.7 Å². The van der Waals surface area contributed by atoms with E-state index in [-0.39, 0.29) is 11.8 Å². The maximum absolute atomic E-state index is 11.8. The van der Waals surface area contributed by atoms with Crippen LogP contribution in [-0.4, -0.2) is 25.5 Å². The van der Waals surface area contributed by atoms with Gasteiger partial charge in [-0.2, -0.15) is 5.10 Å². The summed E-state index contributed by atoms with van der Waals surface area (Å²) in [5, 5.41) is 6.74. The Kier molecular flexibility index (Phi) is 2.31. The van der Waals surface area contributed by atoms with Crippen LogP contribution in [0.2, 0.25) is 0 Å². The van der Waals surface area contributed by atoms with Crippen LogP contribution in [0.5, 0.6) is 0 Å². The fourth-order valence-corrected chi connectivity index (χ4v) is 2.46. The summed E-state index contributed by atoms with van der Waals surface area (Å²) in [6.07, 6.45) is 6.06. The molecule has 0 aromatic carbocycles. The normalized spacial score (nSPS) is 16.9. The maximum atomic E-state index is 11.8. The molecule has 88 valence electrons. The van der Waals surface area contributed by atoms with E-state index in [9.17, 15) is 4.79 Å². The first-order valence-electron chi connectivity index (χ1n) is 5.85. The first-order valence-corrected chi connectivity index (χ1v) is 5.85. The molecule has 3 rings (SSSR count). The number of Topliss-reactive ketones (excluding diaryl/α,β-unsaturated/α-hetero) is 1. The van der Waals surface area contributed by atoms with Gasteiger partial charge in [0.05, 0.1) is 6.04 Å². The SMILES string of the molecule is CC(c1ncn[nH]1)n1ccc2c1CCCC2=O. The van der Waals surface area contributed by atoms with Crippen molar-refractivity contribution >= 4 is 5.78 Å². The molecule has 2 aromatic rings. The van der Waals surface area contributed by atoms with Crippen LogP contribution in [0.3, 0.4) is 0 Å². The van der Waals surface area contributed by atoms with Crippen molar-refractivity contribution in [1.82, 2.24) is 19.7 Å². The van der Waals surface area contributed by atoms with E-state index in [2.05, 4.69) is 26.7 Å². The monoisotopic (exact) mass is 230 g/mol. The Morgan fingerprint density at radius 2 is 2.35 bits per heavy atom. The molecule has 0 saturated carbocycles. The molecule has 0 radical (unpaired) electrons. The van der Waals surface area contributed by atoms with Crippen LogP contribution >= 0.6 is 0 Å². The highest BCUT2D eigenvalue weighted by atomic mass is 16.1. The second-order valence-corrected chi connectivity index (χ2v) is 4.41. The van der Waals surface area contributed by atoms with E-state index in [1.54, 1.807) is 0 Å². The number of carbonyl (C=O) groups is 1. The molecule has 1 aliphatic rings. The van der Waals surface area contributed by atoms with Crippen LogP contribution in [0.4, 0.5) is 0 Å². The molecule has 0 saturated heterocycles. The van der Waals surface area contributed by atoms with Crippen molar-refractivity contribution in [3.8, 4) is 0 Å². The summed E-state index contributed by atoms with van der Waals surface area (Å²) in [6, 6.07) is 2.01. The Morgan fingerprint density at radius 3 is 3.12 bits per heavy atom. The lowest BCUT2D eigenvalue weighted by molar-refractivity contribution is 0.0971. The third-order valence-corrected chi connectivity index (χ3v) is 3.39. The molecule has 0 aliphatic heterocycles. The summed E-state index contributed by atoms with van der Waals surface area (Å²) in [5.41, 5.74) is 2.01. The van der Waals surface area contributed by atoms with Crippen LogP contribution in [0.25, 0.3) is 0 Å². The largest absolute Gasteiger partial charge is 0.340 e. The number of hydrogen-bond donors (Lipinski definition) is 1. The summed E-state index contributed by atoms with van der Waals surface area (Å²) in [7, 11) is 0. The topological polar surface area (TPSA) is 63.6 Å². The van der Waals surface area contributed by atoms with Crippen molar-refractivity contribution < 1.29 is 4.79 Å². The molecule has 1 aliphatic carbocycles. The van der Waals surface area contributed by atoms with Gasteiger partial charge in [0.25, 0.3) is 0 Å². The van der Waals surface area contributed by atoms with Gasteiger partial charge in [-0.3, -0.25) is 9.89 Å². The molecule has 0 bridgehead atoms. The highest BCUT2D eigenvalue weighted by Gasteiger charge is 2.23. The summed E-state index contributed by atoms with van der Waals surface area (Å²) in [5.74, 6) is 1.08. The Balaban J connectivity index is 2.02. The highest BCUT2D eigenvalue weighted by Crippen LogP contribution is 2.26. The minimum atomic E-state index is 0.0900. The van der Waals surface area contributed by atoms with Gasteiger partial charge in [-0.1, -0.05) is 0 Å². The number of nitrogens with one attached hydrogen (secondary N) is 1. The van der Waals surface area contributed by atoms with Crippen LogP contribution in [0.1, 0.15) is 47.7 Å². The first-order chi connectivity index (χ1) is 8.27. The van der Waals surface area contributed by atoms with E-state index in [0.717, 1.165) is 29.9 Å². The minimum Gasteiger partial charge on any atom is -0.340 e. The van der Waals surface area contributed by atoms with E-state index in [0.29, 0.717) is 6.42 Å². The van der Waals surface area contributed by atoms with Crippen molar-refractivity contribution in [2.75, 3.05) is 0 Å². The van der Waals surface area contributed by atoms with E-state index in [4.69, 9.17) is 0 Å². The third kappa shape index (κ3) is 1.58. The quantitative estimate of drug-likeness (QED) is 0.854. The Hall–Kier alpha value is -1.91. The molecule has 0 fully saturated rings. The minimum absolute atomic E-state index is 0.0900. The van der Waals surface area contributed by atoms with Gasteiger partial charge in [0, 0.05) is 23.9 Å². The van der Waals surface area contributed by atoms with Crippen LogP contribution in [0.15, 0.2) is 18.6 Å². The molecule has 0 spiro atoms. The smallest absolute Gasteiger partial charge is 0.164 e.